The predicted molar refractivity (Wildman–Crippen MR) is 182 cm³/mol. The third-order valence-corrected chi connectivity index (χ3v) is 8.72. The SMILES string of the molecule is CC(C)C(=O)/C=C(\O)C(C)C.CC(C)Cc1cccc2c1sc1c(-c3[c-]c4ccccc4c(C(C)(C)C)c3)nccc12.[Ir]. The molecule has 0 unspecified atom stereocenters. The van der Waals surface area contributed by atoms with Crippen molar-refractivity contribution in [3.05, 3.63) is 89.8 Å². The topological polar surface area (TPSA) is 50.2 Å². The van der Waals surface area contributed by atoms with Gasteiger partial charge in [-0.25, -0.2) is 0 Å². The molecule has 5 heteroatoms. The number of benzene rings is 3. The summed E-state index contributed by atoms with van der Waals surface area (Å²) in [5.74, 6) is 0.796. The van der Waals surface area contributed by atoms with Gasteiger partial charge in [-0.1, -0.05) is 110 Å². The molecule has 5 aromatic rings. The minimum absolute atomic E-state index is 0. The number of fused-ring (bicyclic) bond motifs is 4. The minimum Gasteiger partial charge on any atom is -0.512 e. The molecule has 0 aliphatic carbocycles. The van der Waals surface area contributed by atoms with Gasteiger partial charge in [-0.2, -0.15) is 0 Å². The van der Waals surface area contributed by atoms with Crippen molar-refractivity contribution in [3.63, 3.8) is 0 Å². The van der Waals surface area contributed by atoms with Crippen molar-refractivity contribution >= 4 is 48.1 Å². The molecule has 0 atom stereocenters. The monoisotopic (exact) mass is 771 g/mol. The molecule has 1 radical (unpaired) electrons. The summed E-state index contributed by atoms with van der Waals surface area (Å²) >= 11 is 1.89. The van der Waals surface area contributed by atoms with Gasteiger partial charge in [0.2, 0.25) is 0 Å². The second-order valence-corrected chi connectivity index (χ2v) is 14.2. The van der Waals surface area contributed by atoms with Gasteiger partial charge in [-0.05, 0) is 34.8 Å². The quantitative estimate of drug-likeness (QED) is 0.106. The number of ketones is 1. The van der Waals surface area contributed by atoms with Gasteiger partial charge in [0.15, 0.2) is 5.78 Å². The van der Waals surface area contributed by atoms with Gasteiger partial charge in [0.1, 0.15) is 0 Å². The molecule has 0 aliphatic rings. The first-order valence-corrected chi connectivity index (χ1v) is 15.8. The molecule has 43 heavy (non-hydrogen) atoms. The number of carbonyl (C=O) groups excluding carboxylic acids is 1. The van der Waals surface area contributed by atoms with Crippen molar-refractivity contribution < 1.29 is 30.0 Å². The normalized spacial score (nSPS) is 12.2. The average molecular weight is 771 g/mol. The Morgan fingerprint density at radius 3 is 2.19 bits per heavy atom. The van der Waals surface area contributed by atoms with Gasteiger partial charge in [0.05, 0.1) is 5.76 Å². The summed E-state index contributed by atoms with van der Waals surface area (Å²) in [6, 6.07) is 23.5. The largest absolute Gasteiger partial charge is 0.512 e. The van der Waals surface area contributed by atoms with Crippen molar-refractivity contribution in [1.29, 1.82) is 0 Å². The molecule has 0 saturated heterocycles. The number of thiophene rings is 1. The summed E-state index contributed by atoms with van der Waals surface area (Å²) in [4.78, 5) is 15.9. The fourth-order valence-corrected chi connectivity index (χ4v) is 6.35. The van der Waals surface area contributed by atoms with Crippen LogP contribution in [0.1, 0.15) is 73.4 Å². The van der Waals surface area contributed by atoms with E-state index in [1.807, 2.05) is 45.2 Å². The third-order valence-electron chi connectivity index (χ3n) is 7.41. The molecule has 3 nitrogen and oxygen atoms in total. The van der Waals surface area contributed by atoms with E-state index in [0.717, 1.165) is 23.1 Å². The smallest absolute Gasteiger partial charge is 0.161 e. The second kappa shape index (κ2) is 14.3. The van der Waals surface area contributed by atoms with Crippen LogP contribution in [0.3, 0.4) is 0 Å². The van der Waals surface area contributed by atoms with Crippen LogP contribution in [0.2, 0.25) is 0 Å². The summed E-state index contributed by atoms with van der Waals surface area (Å²) < 4.78 is 2.66. The Bertz CT molecular complexity index is 1760. The summed E-state index contributed by atoms with van der Waals surface area (Å²) in [6.45, 7) is 18.7. The molecule has 5 rings (SSSR count). The van der Waals surface area contributed by atoms with Gasteiger partial charge < -0.3 is 5.11 Å². The number of nitrogens with zero attached hydrogens (tertiary/aromatic N) is 1. The molecule has 2 heterocycles. The first-order chi connectivity index (χ1) is 19.8. The van der Waals surface area contributed by atoms with E-state index in [9.17, 15) is 9.90 Å². The molecule has 2 aromatic heterocycles. The van der Waals surface area contributed by atoms with Crippen molar-refractivity contribution in [2.75, 3.05) is 0 Å². The Kier molecular flexibility index (Phi) is 11.5. The molecule has 0 spiro atoms. The number of aromatic nitrogens is 1. The molecule has 0 amide bonds. The number of hydrogen-bond donors (Lipinski definition) is 1. The van der Waals surface area contributed by atoms with Crippen LogP contribution in [0.15, 0.2) is 72.6 Å². The van der Waals surface area contributed by atoms with E-state index in [2.05, 4.69) is 95.3 Å². The van der Waals surface area contributed by atoms with Crippen LogP contribution in [0.5, 0.6) is 0 Å². The minimum atomic E-state index is -0.0316. The van der Waals surface area contributed by atoms with E-state index in [4.69, 9.17) is 4.98 Å². The van der Waals surface area contributed by atoms with Gasteiger partial charge in [-0.3, -0.25) is 9.78 Å². The van der Waals surface area contributed by atoms with E-state index < -0.39 is 0 Å². The molecule has 3 aromatic carbocycles. The third kappa shape index (κ3) is 8.01. The van der Waals surface area contributed by atoms with Crippen LogP contribution in [-0.4, -0.2) is 15.9 Å². The fraction of sp³-hybridized carbons (Fsp3) is 0.368. The summed E-state index contributed by atoms with van der Waals surface area (Å²) in [7, 11) is 0. The van der Waals surface area contributed by atoms with Crippen molar-refractivity contribution in [2.24, 2.45) is 17.8 Å². The molecule has 1 N–H and O–H groups in total. The Morgan fingerprint density at radius 2 is 1.56 bits per heavy atom. The Balaban J connectivity index is 0.000000363. The van der Waals surface area contributed by atoms with Crippen LogP contribution in [0.25, 0.3) is 42.2 Å². The molecule has 229 valence electrons. The number of rotatable bonds is 6. The molecule has 0 aliphatic heterocycles. The van der Waals surface area contributed by atoms with E-state index >= 15 is 0 Å². The van der Waals surface area contributed by atoms with Gasteiger partial charge in [0, 0.05) is 64.7 Å². The maximum Gasteiger partial charge on any atom is 0.161 e. The number of aliphatic hydroxyl groups is 1. The second-order valence-electron chi connectivity index (χ2n) is 13.2. The van der Waals surface area contributed by atoms with Crippen LogP contribution < -0.4 is 0 Å². The van der Waals surface area contributed by atoms with Crippen molar-refractivity contribution in [1.82, 2.24) is 4.98 Å². The van der Waals surface area contributed by atoms with E-state index in [0.29, 0.717) is 5.92 Å². The number of allylic oxidation sites excluding steroid dienone is 2. The Morgan fingerprint density at radius 1 is 0.907 bits per heavy atom. The zero-order chi connectivity index (χ0) is 30.8. The Hall–Kier alpha value is -2.85. The molecule has 0 saturated carbocycles. The summed E-state index contributed by atoms with van der Waals surface area (Å²) in [6.07, 6.45) is 4.37. The van der Waals surface area contributed by atoms with Crippen LogP contribution >= 0.6 is 11.3 Å². The summed E-state index contributed by atoms with van der Waals surface area (Å²) in [5, 5.41) is 14.3. The predicted octanol–water partition coefficient (Wildman–Crippen LogP) is 10.9. The maximum absolute atomic E-state index is 11.0. The van der Waals surface area contributed by atoms with E-state index in [1.54, 1.807) is 0 Å². The van der Waals surface area contributed by atoms with Crippen LogP contribution in [0, 0.1) is 23.8 Å². The number of aliphatic hydroxyl groups excluding tert-OH is 1. The van der Waals surface area contributed by atoms with Gasteiger partial charge >= 0.3 is 0 Å². The Labute approximate surface area is 274 Å². The first kappa shape index (κ1) is 34.6. The molecular formula is C38H44IrNO2S-. The van der Waals surface area contributed by atoms with Gasteiger partial charge in [-0.15, -0.1) is 40.5 Å². The van der Waals surface area contributed by atoms with Crippen LogP contribution in [-0.2, 0) is 36.7 Å². The number of pyridine rings is 1. The fourth-order valence-electron chi connectivity index (χ4n) is 5.03. The summed E-state index contributed by atoms with van der Waals surface area (Å²) in [5.41, 5.74) is 4.97. The van der Waals surface area contributed by atoms with Crippen LogP contribution in [0.4, 0.5) is 0 Å². The van der Waals surface area contributed by atoms with Crippen molar-refractivity contribution in [3.8, 4) is 11.3 Å². The standard InChI is InChI=1S/C29H28NS.C9H16O2.Ir/c1-18(2)15-20-10-8-12-23-24-13-14-30-26(28(24)31-27(20)23)21-16-19-9-6-7-11-22(19)25(17-21)29(3,4)5;1-6(2)8(10)5-9(11)7(3)4;/h6-14,17-18H,15H2,1-5H3;5-7,10H,1-4H3;/q-1;;/b;8-5-;. The average Bonchev–Trinajstić information content (AvgIpc) is 3.32. The van der Waals surface area contributed by atoms with Crippen molar-refractivity contribution in [2.45, 2.75) is 74.1 Å². The first-order valence-electron chi connectivity index (χ1n) is 15.0. The molecular weight excluding hydrogens is 727 g/mol. The van der Waals surface area contributed by atoms with E-state index in [-0.39, 0.29) is 48.9 Å². The maximum atomic E-state index is 11.0. The molecule has 0 fully saturated rings. The molecule has 0 bridgehead atoms. The zero-order valence-corrected chi connectivity index (χ0v) is 30.0. The number of hydrogen-bond acceptors (Lipinski definition) is 4. The van der Waals surface area contributed by atoms with Gasteiger partial charge in [0.25, 0.3) is 0 Å². The number of carbonyl (C=O) groups is 1. The zero-order valence-electron chi connectivity index (χ0n) is 26.8. The van der Waals surface area contributed by atoms with E-state index in [1.165, 1.54) is 42.8 Å².